The molecule has 302 valence electrons. The van der Waals surface area contributed by atoms with Crippen LogP contribution in [0.1, 0.15) is 36.7 Å². The fourth-order valence-electron chi connectivity index (χ4n) is 5.94. The first-order chi connectivity index (χ1) is 27.3. The van der Waals surface area contributed by atoms with Gasteiger partial charge in [-0.05, 0) is 60.5 Å². The van der Waals surface area contributed by atoms with Crippen LogP contribution in [0.2, 0.25) is 0 Å². The number of rotatable bonds is 17. The molecule has 1 unspecified atom stereocenters. The zero-order chi connectivity index (χ0) is 41.1. The maximum Gasteiger partial charge on any atom is 0.323 e. The molecule has 0 aliphatic heterocycles. The third kappa shape index (κ3) is 11.3. The third-order valence-electron chi connectivity index (χ3n) is 8.93. The van der Waals surface area contributed by atoms with Gasteiger partial charge in [0.15, 0.2) is 5.75 Å². The highest BCUT2D eigenvalue weighted by Crippen LogP contribution is 2.40. The molecule has 57 heavy (non-hydrogen) atoms. The fourth-order valence-corrected chi connectivity index (χ4v) is 6.40. The van der Waals surface area contributed by atoms with Crippen LogP contribution in [0.4, 0.5) is 33.4 Å². The van der Waals surface area contributed by atoms with Gasteiger partial charge in [-0.15, -0.1) is 0 Å². The highest BCUT2D eigenvalue weighted by atomic mass is 32.2. The fraction of sp³-hybridized carbons (Fsp3) is 0.310. The van der Waals surface area contributed by atoms with Crippen molar-refractivity contribution in [2.24, 2.45) is 0 Å². The van der Waals surface area contributed by atoms with Crippen LogP contribution in [-0.4, -0.2) is 86.9 Å². The lowest BCUT2D eigenvalue weighted by atomic mass is 9.86. The van der Waals surface area contributed by atoms with E-state index >= 15 is 0 Å². The minimum Gasteiger partial charge on any atom is -0.496 e. The summed E-state index contributed by atoms with van der Waals surface area (Å²) in [5.74, 6) is 2.15. The largest absolute Gasteiger partial charge is 0.496 e. The molecule has 0 radical (unpaired) electrons. The van der Waals surface area contributed by atoms with Crippen molar-refractivity contribution >= 4 is 62.3 Å². The van der Waals surface area contributed by atoms with Crippen LogP contribution in [0.25, 0.3) is 10.8 Å². The van der Waals surface area contributed by atoms with E-state index in [1.54, 1.807) is 55.8 Å². The predicted molar refractivity (Wildman–Crippen MR) is 228 cm³/mol. The van der Waals surface area contributed by atoms with Gasteiger partial charge in [0.05, 0.1) is 43.5 Å². The van der Waals surface area contributed by atoms with E-state index < -0.39 is 17.0 Å². The van der Waals surface area contributed by atoms with E-state index in [1.807, 2.05) is 43.4 Å². The molecule has 5 N–H and O–H groups in total. The molecule has 0 fully saturated rings. The van der Waals surface area contributed by atoms with Crippen molar-refractivity contribution in [2.45, 2.75) is 26.2 Å². The number of hydrogen-bond acceptors (Lipinski definition) is 10. The number of nitrogens with zero attached hydrogens (tertiary/aromatic N) is 2. The maximum absolute atomic E-state index is 13.5. The van der Waals surface area contributed by atoms with Crippen LogP contribution < -0.4 is 40.2 Å². The Morgan fingerprint density at radius 1 is 0.825 bits per heavy atom. The Kier molecular flexibility index (Phi) is 14.3. The molecule has 14 nitrogen and oxygen atoms in total. The SMILES string of the molecule is COCCN(C)CCNC(=O)c1ccc(Nc2cc(Oc3ccc(NC(=O)Nc4cc(C(C)(C)C)cc(NS(C)=O)c4OC)c4ccccc34)ccn2)cc1OC. The Labute approximate surface area is 336 Å². The molecule has 1 heterocycles. The lowest BCUT2D eigenvalue weighted by Crippen LogP contribution is -2.34. The molecule has 4 aromatic carbocycles. The smallest absolute Gasteiger partial charge is 0.323 e. The summed E-state index contributed by atoms with van der Waals surface area (Å²) in [6.07, 6.45) is 3.16. The average molecular weight is 798 g/mol. The van der Waals surface area contributed by atoms with Gasteiger partial charge in [-0.1, -0.05) is 45.0 Å². The number of carbonyl (C=O) groups is 2. The lowest BCUT2D eigenvalue weighted by molar-refractivity contribution is 0.0944. The van der Waals surface area contributed by atoms with Crippen LogP contribution in [0.15, 0.2) is 85.1 Å². The topological polar surface area (TPSA) is 164 Å². The van der Waals surface area contributed by atoms with Crippen molar-refractivity contribution < 1.29 is 32.7 Å². The third-order valence-corrected chi connectivity index (χ3v) is 9.43. The molecule has 0 saturated carbocycles. The molecule has 1 aromatic heterocycles. The molecular weight excluding hydrogens is 747 g/mol. The van der Waals surface area contributed by atoms with E-state index in [-0.39, 0.29) is 11.3 Å². The molecule has 0 bridgehead atoms. The Hall–Kier alpha value is -5.90. The summed E-state index contributed by atoms with van der Waals surface area (Å²) >= 11 is 0. The van der Waals surface area contributed by atoms with Gasteiger partial charge in [0, 0.05) is 67.8 Å². The molecule has 1 atom stereocenters. The van der Waals surface area contributed by atoms with Crippen molar-refractivity contribution in [1.29, 1.82) is 0 Å². The number of amides is 3. The summed E-state index contributed by atoms with van der Waals surface area (Å²) in [4.78, 5) is 33.0. The van der Waals surface area contributed by atoms with Crippen molar-refractivity contribution in [1.82, 2.24) is 15.2 Å². The first-order valence-corrected chi connectivity index (χ1v) is 19.8. The number of likely N-dealkylation sites (N-methyl/N-ethyl adjacent to an activating group) is 1. The normalized spacial score (nSPS) is 11.8. The van der Waals surface area contributed by atoms with Gasteiger partial charge in [0.1, 0.15) is 34.1 Å². The van der Waals surface area contributed by atoms with Crippen molar-refractivity contribution in [3.05, 3.63) is 96.2 Å². The van der Waals surface area contributed by atoms with E-state index in [0.29, 0.717) is 76.8 Å². The number of urea groups is 1. The number of nitrogens with one attached hydrogen (secondary N) is 5. The predicted octanol–water partition coefficient (Wildman–Crippen LogP) is 7.74. The van der Waals surface area contributed by atoms with Crippen molar-refractivity contribution in [2.75, 3.05) is 81.5 Å². The number of aromatic nitrogens is 1. The van der Waals surface area contributed by atoms with Crippen LogP contribution in [-0.2, 0) is 21.1 Å². The van der Waals surface area contributed by atoms with Crippen molar-refractivity contribution in [3.8, 4) is 23.0 Å². The van der Waals surface area contributed by atoms with Gasteiger partial charge >= 0.3 is 6.03 Å². The molecule has 0 saturated heterocycles. The average Bonchev–Trinajstić information content (AvgIpc) is 3.17. The highest BCUT2D eigenvalue weighted by molar-refractivity contribution is 7.85. The molecule has 5 rings (SSSR count). The maximum atomic E-state index is 13.5. The molecule has 15 heteroatoms. The Bertz CT molecular complexity index is 2230. The zero-order valence-corrected chi connectivity index (χ0v) is 34.4. The van der Waals surface area contributed by atoms with Gasteiger partial charge in [0.2, 0.25) is 0 Å². The first-order valence-electron chi connectivity index (χ1n) is 18.3. The minimum absolute atomic E-state index is 0.231. The second-order valence-corrected chi connectivity index (χ2v) is 15.3. The van der Waals surface area contributed by atoms with Gasteiger partial charge in [-0.25, -0.2) is 14.0 Å². The van der Waals surface area contributed by atoms with E-state index in [4.69, 9.17) is 18.9 Å². The number of carbonyl (C=O) groups excluding carboxylic acids is 2. The quantitative estimate of drug-likeness (QED) is 0.0629. The van der Waals surface area contributed by atoms with Crippen LogP contribution in [0, 0.1) is 0 Å². The number of benzene rings is 4. The number of fused-ring (bicyclic) bond motifs is 1. The van der Waals surface area contributed by atoms with Gasteiger partial charge in [0.25, 0.3) is 5.91 Å². The second-order valence-electron chi connectivity index (χ2n) is 14.2. The van der Waals surface area contributed by atoms with Crippen LogP contribution in [0.5, 0.6) is 23.0 Å². The number of ether oxygens (including phenoxy) is 4. The molecule has 0 aliphatic rings. The number of methoxy groups -OCH3 is 3. The van der Waals surface area contributed by atoms with E-state index in [1.165, 1.54) is 20.5 Å². The standard InChI is InChI=1S/C42H51N7O7S/c1-42(2,3)27-23-34(39(55-7)35(24-27)48-57(8)52)47-41(51)46-33-15-16-36(31-12-10-9-11-30(31)33)56-29-17-18-43-38(26-29)45-28-13-14-32(37(25-28)54-6)40(50)44-19-20-49(4)21-22-53-5/h9-18,23-26,48H,19-22H2,1-8H3,(H,43,45)(H,44,50)(H2,46,47,51). The van der Waals surface area contributed by atoms with Crippen LogP contribution >= 0.6 is 0 Å². The van der Waals surface area contributed by atoms with Crippen molar-refractivity contribution in [3.63, 3.8) is 0 Å². The molecule has 0 spiro atoms. The number of anilines is 5. The van der Waals surface area contributed by atoms with E-state index in [2.05, 4.69) is 56.6 Å². The summed E-state index contributed by atoms with van der Waals surface area (Å²) in [5.41, 5.74) is 3.24. The highest BCUT2D eigenvalue weighted by Gasteiger charge is 2.22. The number of pyridine rings is 1. The van der Waals surface area contributed by atoms with Gasteiger partial charge in [-0.2, -0.15) is 0 Å². The lowest BCUT2D eigenvalue weighted by Gasteiger charge is -2.24. The Balaban J connectivity index is 1.29. The second kappa shape index (κ2) is 19.3. The molecule has 0 aliphatic carbocycles. The Morgan fingerprint density at radius 2 is 1.56 bits per heavy atom. The number of hydrogen-bond donors (Lipinski definition) is 5. The minimum atomic E-state index is -1.36. The zero-order valence-electron chi connectivity index (χ0n) is 33.6. The summed E-state index contributed by atoms with van der Waals surface area (Å²) < 4.78 is 37.7. The molecule has 5 aromatic rings. The van der Waals surface area contributed by atoms with E-state index in [9.17, 15) is 13.8 Å². The molecular formula is C42H51N7O7S. The summed E-state index contributed by atoms with van der Waals surface area (Å²) in [7, 11) is 5.29. The summed E-state index contributed by atoms with van der Waals surface area (Å²) in [6.45, 7) is 8.72. The monoisotopic (exact) mass is 797 g/mol. The van der Waals surface area contributed by atoms with E-state index in [0.717, 1.165) is 22.9 Å². The Morgan fingerprint density at radius 3 is 2.26 bits per heavy atom. The van der Waals surface area contributed by atoms with Gasteiger partial charge in [-0.3, -0.25) is 4.79 Å². The molecule has 3 amide bonds. The first kappa shape index (κ1) is 42.2. The summed E-state index contributed by atoms with van der Waals surface area (Å²) in [5, 5.41) is 13.6. The van der Waals surface area contributed by atoms with Crippen LogP contribution in [0.3, 0.4) is 0 Å². The van der Waals surface area contributed by atoms with Gasteiger partial charge < -0.3 is 49.8 Å². The summed E-state index contributed by atoms with van der Waals surface area (Å²) in [6, 6.07) is 23.1.